The number of carbonyl (C=O) groups excluding carboxylic acids is 2. The molecule has 0 unspecified atom stereocenters. The van der Waals surface area contributed by atoms with E-state index in [0.717, 1.165) is 15.8 Å². The standard InChI is InChI=1S/C23H23F2N3O3S2/c1-12(21(30)28-14-9-23(24,25)10-14)19-6-7-20(33-19)18(29)11-32-22-16-8-15(31-3)4-5-17(16)26-13(2)27-22/h4-8,12,14H,9-11H2,1-3H3,(H,28,30)/t12-/m0/s1. The van der Waals surface area contributed by atoms with Gasteiger partial charge in [0.2, 0.25) is 5.91 Å². The number of hydrogen-bond donors (Lipinski definition) is 1. The van der Waals surface area contributed by atoms with E-state index in [0.29, 0.717) is 21.5 Å². The molecule has 1 amide bonds. The summed E-state index contributed by atoms with van der Waals surface area (Å²) in [6.45, 7) is 3.52. The van der Waals surface area contributed by atoms with Crippen molar-refractivity contribution in [2.24, 2.45) is 0 Å². The Kier molecular flexibility index (Phi) is 6.67. The number of halogens is 2. The molecule has 1 aliphatic rings. The number of ether oxygens (including phenoxy) is 1. The van der Waals surface area contributed by atoms with Crippen molar-refractivity contribution in [3.63, 3.8) is 0 Å². The molecule has 0 aliphatic heterocycles. The first-order valence-electron chi connectivity index (χ1n) is 10.4. The van der Waals surface area contributed by atoms with Crippen LogP contribution in [0.25, 0.3) is 10.9 Å². The van der Waals surface area contributed by atoms with Crippen LogP contribution in [0.1, 0.15) is 46.1 Å². The molecule has 1 N–H and O–H groups in total. The first kappa shape index (κ1) is 23.6. The molecule has 174 valence electrons. The highest BCUT2D eigenvalue weighted by Gasteiger charge is 2.46. The number of hydrogen-bond acceptors (Lipinski definition) is 7. The van der Waals surface area contributed by atoms with Crippen LogP contribution in [0, 0.1) is 6.92 Å². The molecule has 6 nitrogen and oxygen atoms in total. The van der Waals surface area contributed by atoms with E-state index < -0.39 is 17.9 Å². The van der Waals surface area contributed by atoms with E-state index in [1.54, 1.807) is 33.1 Å². The van der Waals surface area contributed by atoms with E-state index in [1.807, 2.05) is 18.2 Å². The molecule has 0 radical (unpaired) electrons. The van der Waals surface area contributed by atoms with Crippen LogP contribution >= 0.6 is 23.1 Å². The number of thiophene rings is 1. The normalized spacial score (nSPS) is 16.3. The number of fused-ring (bicyclic) bond motifs is 1. The zero-order valence-electron chi connectivity index (χ0n) is 18.4. The van der Waals surface area contributed by atoms with Crippen molar-refractivity contribution in [1.29, 1.82) is 0 Å². The highest BCUT2D eigenvalue weighted by Crippen LogP contribution is 2.38. The van der Waals surface area contributed by atoms with E-state index in [2.05, 4.69) is 15.3 Å². The van der Waals surface area contributed by atoms with Gasteiger partial charge in [0.15, 0.2) is 5.78 Å². The van der Waals surface area contributed by atoms with Crippen LogP contribution in [0.3, 0.4) is 0 Å². The van der Waals surface area contributed by atoms with Crippen LogP contribution in [0.5, 0.6) is 5.75 Å². The number of thioether (sulfide) groups is 1. The third-order valence-corrected chi connectivity index (χ3v) is 7.78. The molecular formula is C23H23F2N3O3S2. The van der Waals surface area contributed by atoms with Gasteiger partial charge in [0.05, 0.1) is 29.2 Å². The summed E-state index contributed by atoms with van der Waals surface area (Å²) in [7, 11) is 1.59. The van der Waals surface area contributed by atoms with Gasteiger partial charge in [-0.25, -0.2) is 18.7 Å². The zero-order valence-corrected chi connectivity index (χ0v) is 20.0. The smallest absolute Gasteiger partial charge is 0.252 e. The monoisotopic (exact) mass is 491 g/mol. The van der Waals surface area contributed by atoms with E-state index in [1.165, 1.54) is 23.1 Å². The van der Waals surface area contributed by atoms with E-state index >= 15 is 0 Å². The van der Waals surface area contributed by atoms with Gasteiger partial charge >= 0.3 is 0 Å². The third-order valence-electron chi connectivity index (χ3n) is 5.48. The molecule has 0 bridgehead atoms. The minimum atomic E-state index is -2.68. The molecule has 1 aliphatic carbocycles. The molecule has 1 fully saturated rings. The number of amides is 1. The van der Waals surface area contributed by atoms with Gasteiger partial charge < -0.3 is 10.1 Å². The van der Waals surface area contributed by atoms with Gasteiger partial charge in [-0.05, 0) is 44.2 Å². The predicted molar refractivity (Wildman–Crippen MR) is 125 cm³/mol. The van der Waals surface area contributed by atoms with Gasteiger partial charge in [0, 0.05) is 29.1 Å². The number of methoxy groups -OCH3 is 1. The van der Waals surface area contributed by atoms with Crippen molar-refractivity contribution in [1.82, 2.24) is 15.3 Å². The SMILES string of the molecule is COc1ccc2nc(C)nc(SCC(=O)c3ccc([C@H](C)C(=O)NC4CC(F)(F)C4)s3)c2c1. The number of nitrogens with one attached hydrogen (secondary N) is 1. The lowest BCUT2D eigenvalue weighted by atomic mass is 9.88. The molecule has 1 saturated carbocycles. The summed E-state index contributed by atoms with van der Waals surface area (Å²) in [6, 6.07) is 8.50. The van der Waals surface area contributed by atoms with Crippen LogP contribution in [0.2, 0.25) is 0 Å². The molecule has 4 rings (SSSR count). The largest absolute Gasteiger partial charge is 0.497 e. The summed E-state index contributed by atoms with van der Waals surface area (Å²) in [5.74, 6) is -2.09. The van der Waals surface area contributed by atoms with Crippen molar-refractivity contribution in [2.45, 2.75) is 49.6 Å². The molecule has 1 atom stereocenters. The van der Waals surface area contributed by atoms with Crippen LogP contribution < -0.4 is 10.1 Å². The molecule has 0 saturated heterocycles. The predicted octanol–water partition coefficient (Wildman–Crippen LogP) is 5.00. The highest BCUT2D eigenvalue weighted by molar-refractivity contribution is 8.00. The fourth-order valence-electron chi connectivity index (χ4n) is 3.59. The van der Waals surface area contributed by atoms with Crippen molar-refractivity contribution in [3.05, 3.63) is 45.9 Å². The van der Waals surface area contributed by atoms with Gasteiger partial charge in [-0.1, -0.05) is 11.8 Å². The third kappa shape index (κ3) is 5.33. The van der Waals surface area contributed by atoms with Crippen molar-refractivity contribution in [3.8, 4) is 5.75 Å². The lowest BCUT2D eigenvalue weighted by molar-refractivity contribution is -0.130. The topological polar surface area (TPSA) is 81.2 Å². The van der Waals surface area contributed by atoms with Crippen LogP contribution in [0.15, 0.2) is 35.4 Å². The number of Topliss-reactive ketones (excluding diaryl/α,β-unsaturated/α-hetero) is 1. The number of rotatable bonds is 8. The minimum Gasteiger partial charge on any atom is -0.497 e. The number of benzene rings is 1. The summed E-state index contributed by atoms with van der Waals surface area (Å²) >= 11 is 2.58. The Morgan fingerprint density at radius 3 is 2.73 bits per heavy atom. The maximum absolute atomic E-state index is 13.0. The number of aryl methyl sites for hydroxylation is 1. The number of nitrogens with zero attached hydrogens (tertiary/aromatic N) is 2. The van der Waals surface area contributed by atoms with E-state index in [4.69, 9.17) is 4.74 Å². The Labute approximate surface area is 198 Å². The zero-order chi connectivity index (χ0) is 23.8. The molecule has 33 heavy (non-hydrogen) atoms. The Bertz CT molecular complexity index is 1210. The number of carbonyl (C=O) groups is 2. The summed E-state index contributed by atoms with van der Waals surface area (Å²) in [5.41, 5.74) is 0.778. The average Bonchev–Trinajstić information content (AvgIpc) is 3.25. The van der Waals surface area contributed by atoms with Crippen LogP contribution in [-0.4, -0.2) is 46.5 Å². The summed E-state index contributed by atoms with van der Waals surface area (Å²) in [5, 5.41) is 4.18. The first-order chi connectivity index (χ1) is 15.6. The second kappa shape index (κ2) is 9.34. The Morgan fingerprint density at radius 2 is 2.03 bits per heavy atom. The average molecular weight is 492 g/mol. The molecule has 3 aromatic rings. The van der Waals surface area contributed by atoms with Gasteiger partial charge in [0.1, 0.15) is 16.6 Å². The molecule has 0 spiro atoms. The van der Waals surface area contributed by atoms with Crippen molar-refractivity contribution in [2.75, 3.05) is 12.9 Å². The summed E-state index contributed by atoms with van der Waals surface area (Å²) in [6.07, 6.45) is -0.639. The maximum atomic E-state index is 13.0. The van der Waals surface area contributed by atoms with Crippen molar-refractivity contribution >= 4 is 45.7 Å². The molecule has 2 aromatic heterocycles. The minimum absolute atomic E-state index is 0.0743. The highest BCUT2D eigenvalue weighted by atomic mass is 32.2. The van der Waals surface area contributed by atoms with Gasteiger partial charge in [-0.3, -0.25) is 9.59 Å². The molecular weight excluding hydrogens is 468 g/mol. The van der Waals surface area contributed by atoms with E-state index in [-0.39, 0.29) is 30.3 Å². The first-order valence-corrected chi connectivity index (χ1v) is 12.2. The van der Waals surface area contributed by atoms with Crippen LogP contribution in [-0.2, 0) is 4.79 Å². The number of aromatic nitrogens is 2. The second-order valence-electron chi connectivity index (χ2n) is 8.06. The second-order valence-corrected chi connectivity index (χ2v) is 10.1. The van der Waals surface area contributed by atoms with Crippen LogP contribution in [0.4, 0.5) is 8.78 Å². The molecule has 10 heteroatoms. The number of alkyl halides is 2. The molecule has 2 heterocycles. The van der Waals surface area contributed by atoms with Crippen molar-refractivity contribution < 1.29 is 23.1 Å². The van der Waals surface area contributed by atoms with Gasteiger partial charge in [-0.2, -0.15) is 0 Å². The van der Waals surface area contributed by atoms with Gasteiger partial charge in [-0.15, -0.1) is 11.3 Å². The lowest BCUT2D eigenvalue weighted by Crippen LogP contribution is -2.51. The Hall–Kier alpha value is -2.59. The fraction of sp³-hybridized carbons (Fsp3) is 0.391. The summed E-state index contributed by atoms with van der Waals surface area (Å²) in [4.78, 5) is 35.4. The van der Waals surface area contributed by atoms with Gasteiger partial charge in [0.25, 0.3) is 5.92 Å². The number of ketones is 1. The van der Waals surface area contributed by atoms with E-state index in [9.17, 15) is 18.4 Å². The summed E-state index contributed by atoms with van der Waals surface area (Å²) < 4.78 is 31.3. The quantitative estimate of drug-likeness (QED) is 0.271. The lowest BCUT2D eigenvalue weighted by Gasteiger charge is -2.35. The fourth-order valence-corrected chi connectivity index (χ4v) is 5.61. The molecule has 1 aromatic carbocycles. The Morgan fingerprint density at radius 1 is 1.27 bits per heavy atom. The maximum Gasteiger partial charge on any atom is 0.252 e. The Balaban J connectivity index is 1.40.